The van der Waals surface area contributed by atoms with Crippen LogP contribution in [0.1, 0.15) is 67.6 Å². The molecule has 8 nitrogen and oxygen atoms in total. The Morgan fingerprint density at radius 2 is 1.69 bits per heavy atom. The molecule has 0 saturated carbocycles. The Balaban J connectivity index is 1.36. The van der Waals surface area contributed by atoms with Gasteiger partial charge in [-0.3, -0.25) is 9.78 Å². The topological polar surface area (TPSA) is 108 Å². The van der Waals surface area contributed by atoms with Gasteiger partial charge in [0.05, 0.1) is 16.0 Å². The van der Waals surface area contributed by atoms with Crippen LogP contribution in [0.4, 0.5) is 0 Å². The van der Waals surface area contributed by atoms with E-state index in [1.165, 1.54) is 16.4 Å². The first-order valence-corrected chi connectivity index (χ1v) is 14.6. The highest BCUT2D eigenvalue weighted by atomic mass is 32.2. The Kier molecular flexibility index (Phi) is 6.80. The predicted octanol–water partition coefficient (Wildman–Crippen LogP) is 3.72. The first kappa shape index (κ1) is 25.1. The van der Waals surface area contributed by atoms with Crippen LogP contribution in [0.5, 0.6) is 0 Å². The molecule has 36 heavy (non-hydrogen) atoms. The van der Waals surface area contributed by atoms with Crippen molar-refractivity contribution in [3.05, 3.63) is 35.0 Å². The highest BCUT2D eigenvalue weighted by Gasteiger charge is 2.36. The van der Waals surface area contributed by atoms with E-state index in [4.69, 9.17) is 0 Å². The van der Waals surface area contributed by atoms with E-state index in [0.29, 0.717) is 42.0 Å². The van der Waals surface area contributed by atoms with Gasteiger partial charge in [-0.25, -0.2) is 13.2 Å². The van der Waals surface area contributed by atoms with Crippen molar-refractivity contribution >= 4 is 32.8 Å². The van der Waals surface area contributed by atoms with Crippen LogP contribution in [-0.4, -0.2) is 65.8 Å². The highest BCUT2D eigenvalue weighted by Crippen LogP contribution is 2.33. The summed E-state index contributed by atoms with van der Waals surface area (Å²) >= 11 is 0. The smallest absolute Gasteiger partial charge is 0.336 e. The molecule has 1 aromatic heterocycles. The number of carboxylic acid groups (broad SMARTS) is 1. The van der Waals surface area contributed by atoms with Crippen molar-refractivity contribution in [1.29, 1.82) is 0 Å². The number of pyridine rings is 1. The third-order valence-corrected chi connectivity index (χ3v) is 9.96. The molecule has 1 aromatic carbocycles. The molecule has 1 amide bonds. The van der Waals surface area contributed by atoms with Crippen molar-refractivity contribution in [1.82, 2.24) is 14.2 Å². The normalized spacial score (nSPS) is 24.0. The van der Waals surface area contributed by atoms with Crippen LogP contribution in [0.2, 0.25) is 0 Å². The number of nitrogens with zero attached hydrogens (tertiary/aromatic N) is 3. The summed E-state index contributed by atoms with van der Waals surface area (Å²) in [6, 6.07) is 4.63. The van der Waals surface area contributed by atoms with Crippen LogP contribution in [0.3, 0.4) is 0 Å². The molecule has 0 bridgehead atoms. The van der Waals surface area contributed by atoms with Crippen molar-refractivity contribution in [3.8, 4) is 0 Å². The zero-order valence-electron chi connectivity index (χ0n) is 21.1. The monoisotopic (exact) mass is 513 g/mol. The predicted molar refractivity (Wildman–Crippen MR) is 136 cm³/mol. The maximum atomic E-state index is 13.5. The third-order valence-electron chi connectivity index (χ3n) is 8.07. The van der Waals surface area contributed by atoms with E-state index in [0.717, 1.165) is 50.0 Å². The summed E-state index contributed by atoms with van der Waals surface area (Å²) < 4.78 is 28.5. The minimum Gasteiger partial charge on any atom is -0.478 e. The molecular weight excluding hydrogens is 478 g/mol. The molecule has 9 heteroatoms. The van der Waals surface area contributed by atoms with Crippen molar-refractivity contribution < 1.29 is 23.1 Å². The molecular formula is C27H35N3O5S. The summed E-state index contributed by atoms with van der Waals surface area (Å²) in [5.41, 5.74) is 2.24. The van der Waals surface area contributed by atoms with E-state index >= 15 is 0 Å². The Bertz CT molecular complexity index is 1290. The fraction of sp³-hybridized carbons (Fsp3) is 0.593. The number of benzene rings is 1. The van der Waals surface area contributed by atoms with Crippen LogP contribution in [0.25, 0.3) is 10.9 Å². The molecule has 3 heterocycles. The second kappa shape index (κ2) is 9.74. The average Bonchev–Trinajstić information content (AvgIpc) is 2.85. The third kappa shape index (κ3) is 4.63. The lowest BCUT2D eigenvalue weighted by molar-refractivity contribution is -0.139. The Hall–Kier alpha value is -2.52. The number of carbonyl (C=O) groups is 2. The number of aromatic carboxylic acids is 1. The van der Waals surface area contributed by atoms with E-state index < -0.39 is 16.0 Å². The Labute approximate surface area is 212 Å². The molecule has 1 aliphatic carbocycles. The van der Waals surface area contributed by atoms with Gasteiger partial charge in [-0.05, 0) is 80.5 Å². The maximum Gasteiger partial charge on any atom is 0.336 e. The van der Waals surface area contributed by atoms with Crippen molar-refractivity contribution in [2.75, 3.05) is 26.2 Å². The standard InChI is InChI=1S/C27H35N3O5S/c1-17-13-18(2)16-29(15-17)26(31)19-9-11-30(12-10-19)36(34,35)20-7-8-24-22(14-20)25(27(32)33)21-5-3-4-6-23(21)28-24/h7-8,14,17-19H,3-6,9-13,15-16H2,1-2H3,(H,32,33)/t17-,18-/m1/s1. The summed E-state index contributed by atoms with van der Waals surface area (Å²) in [6.45, 7) is 6.48. The molecule has 2 fully saturated rings. The van der Waals surface area contributed by atoms with Crippen LogP contribution in [0, 0.1) is 17.8 Å². The second-order valence-electron chi connectivity index (χ2n) is 11.0. The summed E-state index contributed by atoms with van der Waals surface area (Å²) in [7, 11) is -3.82. The van der Waals surface area contributed by atoms with E-state index in [-0.39, 0.29) is 35.4 Å². The van der Waals surface area contributed by atoms with Crippen LogP contribution >= 0.6 is 0 Å². The van der Waals surface area contributed by atoms with Gasteiger partial charge in [0.2, 0.25) is 15.9 Å². The quantitative estimate of drug-likeness (QED) is 0.668. The molecule has 194 valence electrons. The van der Waals surface area contributed by atoms with Gasteiger partial charge in [0, 0.05) is 43.2 Å². The number of aryl methyl sites for hydroxylation is 1. The molecule has 2 aliphatic heterocycles. The van der Waals surface area contributed by atoms with Crippen molar-refractivity contribution in [2.24, 2.45) is 17.8 Å². The number of rotatable bonds is 4. The zero-order chi connectivity index (χ0) is 25.6. The van der Waals surface area contributed by atoms with Crippen LogP contribution in [0.15, 0.2) is 23.1 Å². The zero-order valence-corrected chi connectivity index (χ0v) is 21.9. The SMILES string of the molecule is C[C@@H]1C[C@@H](C)CN(C(=O)C2CCN(S(=O)(=O)c3ccc4nc5c(c(C(=O)O)c4c3)CCCC5)CC2)C1. The fourth-order valence-corrected chi connectivity index (χ4v) is 7.90. The number of hydrogen-bond acceptors (Lipinski definition) is 5. The first-order valence-electron chi connectivity index (χ1n) is 13.1. The fourth-order valence-electron chi connectivity index (χ4n) is 6.40. The van der Waals surface area contributed by atoms with Gasteiger partial charge in [0.25, 0.3) is 0 Å². The maximum absolute atomic E-state index is 13.5. The van der Waals surface area contributed by atoms with Gasteiger partial charge < -0.3 is 10.0 Å². The summed E-state index contributed by atoms with van der Waals surface area (Å²) in [4.78, 5) is 32.0. The Morgan fingerprint density at radius 3 is 2.36 bits per heavy atom. The second-order valence-corrected chi connectivity index (χ2v) is 12.9. The summed E-state index contributed by atoms with van der Waals surface area (Å²) in [6.07, 6.45) is 5.41. The number of aromatic nitrogens is 1. The number of carboxylic acids is 1. The number of amides is 1. The van der Waals surface area contributed by atoms with Crippen LogP contribution in [-0.2, 0) is 27.7 Å². The molecule has 0 spiro atoms. The molecule has 2 saturated heterocycles. The number of likely N-dealkylation sites (tertiary alicyclic amines) is 1. The minimum absolute atomic E-state index is 0.0820. The van der Waals surface area contributed by atoms with E-state index in [1.807, 2.05) is 4.90 Å². The number of piperidine rings is 2. The molecule has 0 unspecified atom stereocenters. The van der Waals surface area contributed by atoms with E-state index in [1.54, 1.807) is 6.07 Å². The molecule has 5 rings (SSSR count). The Morgan fingerprint density at radius 1 is 1.03 bits per heavy atom. The summed E-state index contributed by atoms with van der Waals surface area (Å²) in [5.74, 6) is -0.0718. The largest absolute Gasteiger partial charge is 0.478 e. The lowest BCUT2D eigenvalue weighted by Gasteiger charge is -2.39. The molecule has 2 aromatic rings. The lowest BCUT2D eigenvalue weighted by atomic mass is 9.89. The lowest BCUT2D eigenvalue weighted by Crippen LogP contribution is -2.48. The number of sulfonamides is 1. The number of fused-ring (bicyclic) bond motifs is 2. The molecule has 2 atom stereocenters. The minimum atomic E-state index is -3.82. The van der Waals surface area contributed by atoms with Crippen LogP contribution < -0.4 is 0 Å². The number of hydrogen-bond donors (Lipinski definition) is 1. The average molecular weight is 514 g/mol. The number of carbonyl (C=O) groups excluding carboxylic acids is 1. The van der Waals surface area contributed by atoms with Crippen molar-refractivity contribution in [2.45, 2.75) is 63.7 Å². The van der Waals surface area contributed by atoms with Gasteiger partial charge in [0.1, 0.15) is 0 Å². The van der Waals surface area contributed by atoms with E-state index in [9.17, 15) is 23.1 Å². The molecule has 0 radical (unpaired) electrons. The molecule has 3 aliphatic rings. The van der Waals surface area contributed by atoms with Gasteiger partial charge in [-0.15, -0.1) is 0 Å². The first-order chi connectivity index (χ1) is 17.1. The highest BCUT2D eigenvalue weighted by molar-refractivity contribution is 7.89. The van der Waals surface area contributed by atoms with Gasteiger partial charge in [-0.2, -0.15) is 4.31 Å². The van der Waals surface area contributed by atoms with E-state index in [2.05, 4.69) is 18.8 Å². The molecule has 1 N–H and O–H groups in total. The van der Waals surface area contributed by atoms with Crippen molar-refractivity contribution in [3.63, 3.8) is 0 Å². The van der Waals surface area contributed by atoms with Gasteiger partial charge in [-0.1, -0.05) is 13.8 Å². The van der Waals surface area contributed by atoms with Gasteiger partial charge >= 0.3 is 5.97 Å². The summed E-state index contributed by atoms with van der Waals surface area (Å²) in [5, 5.41) is 10.4. The van der Waals surface area contributed by atoms with Gasteiger partial charge in [0.15, 0.2) is 0 Å².